The number of aromatic nitrogens is 1. The first-order chi connectivity index (χ1) is 10.9. The van der Waals surface area contributed by atoms with Gasteiger partial charge in [0.05, 0.1) is 20.8 Å². The van der Waals surface area contributed by atoms with Gasteiger partial charge in [0, 0.05) is 24.6 Å². The van der Waals surface area contributed by atoms with Crippen molar-refractivity contribution in [3.8, 4) is 11.8 Å². The second kappa shape index (κ2) is 5.37. The van der Waals surface area contributed by atoms with Crippen molar-refractivity contribution in [2.45, 2.75) is 20.3 Å². The summed E-state index contributed by atoms with van der Waals surface area (Å²) in [7, 11) is 3.01. The van der Waals surface area contributed by atoms with Gasteiger partial charge in [0.1, 0.15) is 5.56 Å². The molecule has 0 aromatic carbocycles. The molecule has 1 aliphatic heterocycles. The normalized spacial score (nSPS) is 28.0. The third-order valence-corrected chi connectivity index (χ3v) is 5.47. The molecule has 1 saturated heterocycles. The lowest BCUT2D eigenvalue weighted by Crippen LogP contribution is -2.54. The van der Waals surface area contributed by atoms with E-state index < -0.39 is 0 Å². The van der Waals surface area contributed by atoms with Crippen molar-refractivity contribution in [3.05, 3.63) is 17.7 Å². The summed E-state index contributed by atoms with van der Waals surface area (Å²) in [5.41, 5.74) is 0.451. The lowest BCUT2D eigenvalue weighted by atomic mass is 9.48. The van der Waals surface area contributed by atoms with Gasteiger partial charge in [0.15, 0.2) is 0 Å². The van der Waals surface area contributed by atoms with E-state index in [1.54, 1.807) is 12.1 Å². The molecule has 0 unspecified atom stereocenters. The molecule has 0 radical (unpaired) electrons. The first-order valence-electron chi connectivity index (χ1n) is 7.86. The molecule has 0 spiro atoms. The summed E-state index contributed by atoms with van der Waals surface area (Å²) in [5, 5.41) is 9.83. The number of fused-ring (bicyclic) bond motifs is 1. The zero-order valence-electron chi connectivity index (χ0n) is 14.1. The van der Waals surface area contributed by atoms with Crippen LogP contribution in [0.2, 0.25) is 0 Å². The standard InChI is InChI=1S/C17H24N2O4/c1-16(2)8-17(10-20)9-19(7-12(16)17)15(21)11-5-6-13(22-3)18-14(11)23-4/h5-6,12,20H,7-10H2,1-4H3/t12-,17-/m1/s1. The molecule has 2 fully saturated rings. The van der Waals surface area contributed by atoms with Gasteiger partial charge in [-0.3, -0.25) is 4.79 Å². The number of aliphatic hydroxyl groups is 1. The Hall–Kier alpha value is -1.82. The van der Waals surface area contributed by atoms with Crippen molar-refractivity contribution < 1.29 is 19.4 Å². The highest BCUT2D eigenvalue weighted by molar-refractivity contribution is 5.96. The maximum atomic E-state index is 12.9. The van der Waals surface area contributed by atoms with Crippen LogP contribution >= 0.6 is 0 Å². The summed E-state index contributed by atoms with van der Waals surface area (Å²) >= 11 is 0. The number of ether oxygens (including phenoxy) is 2. The highest BCUT2D eigenvalue weighted by Gasteiger charge is 2.63. The number of methoxy groups -OCH3 is 2. The largest absolute Gasteiger partial charge is 0.481 e. The molecular formula is C17H24N2O4. The Bertz CT molecular complexity index is 631. The predicted molar refractivity (Wildman–Crippen MR) is 84.7 cm³/mol. The Morgan fingerprint density at radius 2 is 2.13 bits per heavy atom. The summed E-state index contributed by atoms with van der Waals surface area (Å²) in [6, 6.07) is 3.34. The Labute approximate surface area is 136 Å². The van der Waals surface area contributed by atoms with E-state index in [0.717, 1.165) is 6.42 Å². The number of hydrogen-bond donors (Lipinski definition) is 1. The fourth-order valence-corrected chi connectivity index (χ4v) is 4.52. The average molecular weight is 320 g/mol. The molecule has 1 amide bonds. The number of aliphatic hydroxyl groups excluding tert-OH is 1. The molecule has 1 saturated carbocycles. The number of amides is 1. The van der Waals surface area contributed by atoms with Crippen LogP contribution in [0, 0.1) is 16.7 Å². The van der Waals surface area contributed by atoms with Crippen LogP contribution in [0.5, 0.6) is 11.8 Å². The van der Waals surface area contributed by atoms with Gasteiger partial charge in [-0.05, 0) is 23.8 Å². The molecule has 2 heterocycles. The predicted octanol–water partition coefficient (Wildman–Crippen LogP) is 1.58. The van der Waals surface area contributed by atoms with Gasteiger partial charge >= 0.3 is 0 Å². The first-order valence-corrected chi connectivity index (χ1v) is 7.86. The molecule has 2 atom stereocenters. The minimum atomic E-state index is -0.147. The van der Waals surface area contributed by atoms with Crippen LogP contribution in [0.15, 0.2) is 12.1 Å². The number of nitrogens with zero attached hydrogens (tertiary/aromatic N) is 2. The lowest BCUT2D eigenvalue weighted by molar-refractivity contribution is -0.0977. The Morgan fingerprint density at radius 1 is 1.39 bits per heavy atom. The number of likely N-dealkylation sites (tertiary alicyclic amines) is 1. The van der Waals surface area contributed by atoms with Crippen molar-refractivity contribution in [3.63, 3.8) is 0 Å². The van der Waals surface area contributed by atoms with Gasteiger partial charge in [-0.1, -0.05) is 13.8 Å². The summed E-state index contributed by atoms with van der Waals surface area (Å²) in [6.45, 7) is 5.79. The average Bonchev–Trinajstić information content (AvgIpc) is 2.88. The number of hydrogen-bond acceptors (Lipinski definition) is 5. The third-order valence-electron chi connectivity index (χ3n) is 5.47. The first kappa shape index (κ1) is 16.1. The third kappa shape index (κ3) is 2.36. The SMILES string of the molecule is COc1ccc(C(=O)N2C[C@@H]3C(C)(C)C[C@]3(CO)C2)c(OC)n1. The molecular weight excluding hydrogens is 296 g/mol. The van der Waals surface area contributed by atoms with Gasteiger partial charge in [0.25, 0.3) is 5.91 Å². The van der Waals surface area contributed by atoms with E-state index in [-0.39, 0.29) is 29.2 Å². The lowest BCUT2D eigenvalue weighted by Gasteiger charge is -2.55. The second-order valence-electron chi connectivity index (χ2n) is 7.33. The molecule has 6 heteroatoms. The van der Waals surface area contributed by atoms with Crippen LogP contribution in [-0.4, -0.2) is 54.8 Å². The van der Waals surface area contributed by atoms with Crippen LogP contribution in [0.25, 0.3) is 0 Å². The molecule has 1 aromatic heterocycles. The van der Waals surface area contributed by atoms with Gasteiger partial charge < -0.3 is 19.5 Å². The summed E-state index contributed by atoms with van der Waals surface area (Å²) in [6.07, 6.45) is 0.947. The fourth-order valence-electron chi connectivity index (χ4n) is 4.52. The van der Waals surface area contributed by atoms with E-state index >= 15 is 0 Å². The van der Waals surface area contributed by atoms with E-state index in [2.05, 4.69) is 18.8 Å². The van der Waals surface area contributed by atoms with Crippen molar-refractivity contribution >= 4 is 5.91 Å². The van der Waals surface area contributed by atoms with Crippen LogP contribution in [0.4, 0.5) is 0 Å². The van der Waals surface area contributed by atoms with Crippen LogP contribution in [0.3, 0.4) is 0 Å². The van der Waals surface area contributed by atoms with Crippen LogP contribution < -0.4 is 9.47 Å². The second-order valence-corrected chi connectivity index (χ2v) is 7.33. The number of carbonyl (C=O) groups is 1. The van der Waals surface area contributed by atoms with Crippen molar-refractivity contribution in [2.75, 3.05) is 33.9 Å². The Balaban J connectivity index is 1.85. The van der Waals surface area contributed by atoms with Crippen molar-refractivity contribution in [1.29, 1.82) is 0 Å². The molecule has 126 valence electrons. The molecule has 3 rings (SSSR count). The monoisotopic (exact) mass is 320 g/mol. The van der Waals surface area contributed by atoms with E-state index in [1.165, 1.54) is 14.2 Å². The van der Waals surface area contributed by atoms with Crippen LogP contribution in [0.1, 0.15) is 30.6 Å². The molecule has 23 heavy (non-hydrogen) atoms. The van der Waals surface area contributed by atoms with E-state index in [1.807, 2.05) is 4.90 Å². The van der Waals surface area contributed by atoms with Gasteiger partial charge in [0.2, 0.25) is 11.8 Å². The highest BCUT2D eigenvalue weighted by Crippen LogP contribution is 2.62. The Kier molecular flexibility index (Phi) is 3.75. The minimum Gasteiger partial charge on any atom is -0.481 e. The van der Waals surface area contributed by atoms with Crippen molar-refractivity contribution in [1.82, 2.24) is 9.88 Å². The minimum absolute atomic E-state index is 0.102. The fraction of sp³-hybridized carbons (Fsp3) is 0.647. The molecule has 1 aliphatic carbocycles. The van der Waals surface area contributed by atoms with Crippen LogP contribution in [-0.2, 0) is 0 Å². The molecule has 2 aliphatic rings. The topological polar surface area (TPSA) is 71.9 Å². The van der Waals surface area contributed by atoms with Gasteiger partial charge in [-0.15, -0.1) is 0 Å². The van der Waals surface area contributed by atoms with Gasteiger partial charge in [-0.2, -0.15) is 4.98 Å². The zero-order valence-corrected chi connectivity index (χ0v) is 14.1. The van der Waals surface area contributed by atoms with E-state index in [9.17, 15) is 9.90 Å². The highest BCUT2D eigenvalue weighted by atomic mass is 16.5. The summed E-state index contributed by atoms with van der Waals surface area (Å²) < 4.78 is 10.3. The maximum Gasteiger partial charge on any atom is 0.259 e. The number of pyridine rings is 1. The van der Waals surface area contributed by atoms with E-state index in [0.29, 0.717) is 30.5 Å². The summed E-state index contributed by atoms with van der Waals surface area (Å²) in [4.78, 5) is 18.9. The van der Waals surface area contributed by atoms with Gasteiger partial charge in [-0.25, -0.2) is 0 Å². The summed E-state index contributed by atoms with van der Waals surface area (Å²) in [5.74, 6) is 0.912. The Morgan fingerprint density at radius 3 is 2.65 bits per heavy atom. The van der Waals surface area contributed by atoms with Crippen molar-refractivity contribution in [2.24, 2.45) is 16.7 Å². The van der Waals surface area contributed by atoms with E-state index in [4.69, 9.17) is 9.47 Å². The number of carbonyl (C=O) groups excluding carboxylic acids is 1. The quantitative estimate of drug-likeness (QED) is 0.912. The molecule has 0 bridgehead atoms. The number of rotatable bonds is 4. The maximum absolute atomic E-state index is 12.9. The smallest absolute Gasteiger partial charge is 0.259 e. The zero-order chi connectivity index (χ0) is 16.8. The molecule has 6 nitrogen and oxygen atoms in total. The molecule has 1 N–H and O–H groups in total. The molecule has 1 aromatic rings.